The minimum Gasteiger partial charge on any atom is -0.440 e. The maximum Gasteiger partial charge on any atom is 0.200 e. The predicted molar refractivity (Wildman–Crippen MR) is 190 cm³/mol. The van der Waals surface area contributed by atoms with Gasteiger partial charge in [0, 0.05) is 48.1 Å². The Balaban J connectivity index is 1.53. The Morgan fingerprint density at radius 2 is 1.89 bits per heavy atom. The monoisotopic (exact) mass is 624 g/mol. The number of morpholine rings is 1. The number of nitrogens with one attached hydrogen (secondary N) is 1. The number of nitrogens with zero attached hydrogens (tertiary/aromatic N) is 3. The standard InChI is InChI=1S/C38H48N4O4/c1-8-30(22-32(37(44)25(3)4)21-29-13-10-11-14-29)26(5)40-28(7)41-27(6)39-24-31(9-2)33-15-12-16-34-35(43)23-36(46-38(33)34)42-17-19-45-20-18-42/h8-9,12,15-16,22-25,29H,2,7,10-11,13-14,17-21H2,1,3-6H3,(H,39,41)/b30-8-,31-24+,32-22+,40-26-. The average molecular weight is 625 g/mol. The van der Waals surface area contributed by atoms with Crippen LogP contribution in [-0.4, -0.2) is 43.6 Å². The summed E-state index contributed by atoms with van der Waals surface area (Å²) in [6, 6.07) is 7.03. The smallest absolute Gasteiger partial charge is 0.200 e. The lowest BCUT2D eigenvalue weighted by atomic mass is 9.89. The topological polar surface area (TPSA) is 96.5 Å². The number of aliphatic imine (C=N–C) groups is 2. The first-order chi connectivity index (χ1) is 22.1. The Morgan fingerprint density at radius 3 is 2.54 bits per heavy atom. The number of benzene rings is 1. The number of carbonyl (C=O) groups is 1. The molecule has 2 aromatic rings. The molecule has 1 saturated carbocycles. The van der Waals surface area contributed by atoms with Gasteiger partial charge in [0.2, 0.25) is 0 Å². The maximum atomic E-state index is 13.1. The summed E-state index contributed by atoms with van der Waals surface area (Å²) in [4.78, 5) is 37.4. The van der Waals surface area contributed by atoms with Gasteiger partial charge < -0.3 is 19.4 Å². The van der Waals surface area contributed by atoms with E-state index in [-0.39, 0.29) is 17.1 Å². The second-order valence-corrected chi connectivity index (χ2v) is 12.3. The first kappa shape index (κ1) is 34.6. The van der Waals surface area contributed by atoms with E-state index in [2.05, 4.69) is 28.5 Å². The van der Waals surface area contributed by atoms with E-state index in [0.717, 1.165) is 28.8 Å². The zero-order valence-electron chi connectivity index (χ0n) is 28.0. The summed E-state index contributed by atoms with van der Waals surface area (Å²) >= 11 is 0. The van der Waals surface area contributed by atoms with Crippen molar-refractivity contribution in [1.82, 2.24) is 5.32 Å². The Morgan fingerprint density at radius 1 is 1.17 bits per heavy atom. The number of ketones is 1. The summed E-state index contributed by atoms with van der Waals surface area (Å²) in [5.74, 6) is 2.25. The zero-order valence-corrected chi connectivity index (χ0v) is 28.0. The molecule has 1 aliphatic heterocycles. The number of allylic oxidation sites excluding steroid dienone is 6. The molecule has 1 aliphatic carbocycles. The number of carbonyl (C=O) groups excluding carboxylic acids is 1. The number of anilines is 1. The van der Waals surface area contributed by atoms with Gasteiger partial charge in [0.15, 0.2) is 17.1 Å². The molecule has 1 N–H and O–H groups in total. The van der Waals surface area contributed by atoms with Crippen LogP contribution < -0.4 is 15.6 Å². The van der Waals surface area contributed by atoms with Crippen molar-refractivity contribution in [3.05, 3.63) is 94.6 Å². The summed E-state index contributed by atoms with van der Waals surface area (Å²) < 4.78 is 11.7. The molecule has 2 aliphatic rings. The number of para-hydroxylation sites is 1. The van der Waals surface area contributed by atoms with Gasteiger partial charge in [-0.05, 0) is 56.4 Å². The van der Waals surface area contributed by atoms with Crippen molar-refractivity contribution >= 4 is 39.8 Å². The molecule has 2 fully saturated rings. The fraction of sp³-hybridized carbons (Fsp3) is 0.421. The fourth-order valence-corrected chi connectivity index (χ4v) is 5.98. The molecular weight excluding hydrogens is 576 g/mol. The van der Waals surface area contributed by atoms with Gasteiger partial charge in [-0.15, -0.1) is 0 Å². The molecule has 244 valence electrons. The van der Waals surface area contributed by atoms with Crippen LogP contribution in [0.25, 0.3) is 16.5 Å². The first-order valence-electron chi connectivity index (χ1n) is 16.3. The molecule has 1 aromatic carbocycles. The van der Waals surface area contributed by atoms with Crippen LogP contribution in [0.15, 0.2) is 98.0 Å². The van der Waals surface area contributed by atoms with E-state index < -0.39 is 0 Å². The highest BCUT2D eigenvalue weighted by atomic mass is 16.5. The number of hydrogen-bond acceptors (Lipinski definition) is 7. The average Bonchev–Trinajstić information content (AvgIpc) is 3.56. The maximum absolute atomic E-state index is 13.1. The normalized spacial score (nSPS) is 17.6. The van der Waals surface area contributed by atoms with Crippen LogP contribution >= 0.6 is 0 Å². The molecule has 46 heavy (non-hydrogen) atoms. The summed E-state index contributed by atoms with van der Waals surface area (Å²) in [5.41, 5.74) is 4.35. The van der Waals surface area contributed by atoms with E-state index >= 15 is 0 Å². The highest BCUT2D eigenvalue weighted by Crippen LogP contribution is 2.32. The van der Waals surface area contributed by atoms with Gasteiger partial charge in [0.1, 0.15) is 17.2 Å². The van der Waals surface area contributed by atoms with E-state index in [0.29, 0.717) is 66.3 Å². The lowest BCUT2D eigenvalue weighted by molar-refractivity contribution is -0.118. The Bertz CT molecular complexity index is 1660. The molecule has 0 unspecified atom stereocenters. The SMILES string of the molecule is C=C/C(=C\N=C(C)NC(=C)\N=C(C)/C(=C\C)/C=C(\CC1CCCC1)C(=O)C(C)C)c1cccc2c(=O)cc(N3CCOCC3)oc12. The number of hydrogen-bond donors (Lipinski definition) is 1. The van der Waals surface area contributed by atoms with E-state index in [9.17, 15) is 9.59 Å². The van der Waals surface area contributed by atoms with Crippen LogP contribution in [0, 0.1) is 11.8 Å². The third-order valence-corrected chi connectivity index (χ3v) is 8.50. The van der Waals surface area contributed by atoms with E-state index in [1.807, 2.05) is 63.8 Å². The van der Waals surface area contributed by atoms with Crippen LogP contribution in [-0.2, 0) is 9.53 Å². The Hall–Kier alpha value is -4.30. The summed E-state index contributed by atoms with van der Waals surface area (Å²) in [6.45, 7) is 20.2. The summed E-state index contributed by atoms with van der Waals surface area (Å²) in [5, 5.41) is 3.65. The third-order valence-electron chi connectivity index (χ3n) is 8.50. The highest BCUT2D eigenvalue weighted by Gasteiger charge is 2.22. The second-order valence-electron chi connectivity index (χ2n) is 12.3. The van der Waals surface area contributed by atoms with Crippen molar-refractivity contribution in [3.8, 4) is 0 Å². The van der Waals surface area contributed by atoms with Crippen LogP contribution in [0.5, 0.6) is 0 Å². The summed E-state index contributed by atoms with van der Waals surface area (Å²) in [6.07, 6.45) is 13.1. The van der Waals surface area contributed by atoms with Crippen LogP contribution in [0.2, 0.25) is 0 Å². The molecule has 1 aromatic heterocycles. The lowest BCUT2D eigenvalue weighted by Crippen LogP contribution is -2.36. The fourth-order valence-electron chi connectivity index (χ4n) is 5.98. The number of ether oxygens (including phenoxy) is 1. The van der Waals surface area contributed by atoms with E-state index in [1.165, 1.54) is 25.7 Å². The second kappa shape index (κ2) is 16.3. The highest BCUT2D eigenvalue weighted by molar-refractivity contribution is 6.05. The van der Waals surface area contributed by atoms with Crippen molar-refractivity contribution in [3.63, 3.8) is 0 Å². The number of rotatable bonds is 12. The van der Waals surface area contributed by atoms with Crippen molar-refractivity contribution in [2.45, 2.75) is 66.7 Å². The third kappa shape index (κ3) is 8.91. The van der Waals surface area contributed by atoms with Crippen LogP contribution in [0.3, 0.4) is 0 Å². The number of amidine groups is 1. The van der Waals surface area contributed by atoms with Gasteiger partial charge in [-0.3, -0.25) is 9.59 Å². The van der Waals surface area contributed by atoms with Gasteiger partial charge in [-0.1, -0.05) is 77.0 Å². The first-order valence-corrected chi connectivity index (χ1v) is 16.3. The number of fused-ring (bicyclic) bond motifs is 1. The molecule has 8 heteroatoms. The zero-order chi connectivity index (χ0) is 33.2. The molecule has 0 bridgehead atoms. The molecule has 4 rings (SSSR count). The minimum atomic E-state index is -0.103. The molecule has 0 amide bonds. The van der Waals surface area contributed by atoms with Crippen molar-refractivity contribution < 1.29 is 13.9 Å². The van der Waals surface area contributed by atoms with Crippen LogP contribution in [0.1, 0.15) is 72.3 Å². The molecule has 2 heterocycles. The Labute approximate surface area is 273 Å². The number of Topliss-reactive ketones (excluding diaryl/α,β-unsaturated/α-hetero) is 1. The molecule has 0 radical (unpaired) electrons. The van der Waals surface area contributed by atoms with Crippen molar-refractivity contribution in [2.24, 2.45) is 21.8 Å². The van der Waals surface area contributed by atoms with Gasteiger partial charge in [-0.2, -0.15) is 0 Å². The van der Waals surface area contributed by atoms with Gasteiger partial charge in [-0.25, -0.2) is 9.98 Å². The van der Waals surface area contributed by atoms with E-state index in [4.69, 9.17) is 9.15 Å². The lowest BCUT2D eigenvalue weighted by Gasteiger charge is -2.27. The van der Waals surface area contributed by atoms with Crippen molar-refractivity contribution in [1.29, 1.82) is 0 Å². The van der Waals surface area contributed by atoms with Gasteiger partial charge in [0.25, 0.3) is 0 Å². The molecule has 0 atom stereocenters. The molecular formula is C38H48N4O4. The predicted octanol–water partition coefficient (Wildman–Crippen LogP) is 7.77. The molecule has 1 saturated heterocycles. The summed E-state index contributed by atoms with van der Waals surface area (Å²) in [7, 11) is 0. The van der Waals surface area contributed by atoms with E-state index in [1.54, 1.807) is 24.4 Å². The van der Waals surface area contributed by atoms with Crippen LogP contribution in [0.4, 0.5) is 5.88 Å². The Kier molecular flexibility index (Phi) is 12.3. The quantitative estimate of drug-likeness (QED) is 0.112. The van der Waals surface area contributed by atoms with Gasteiger partial charge in [0.05, 0.1) is 18.6 Å². The molecule has 8 nitrogen and oxygen atoms in total. The minimum absolute atomic E-state index is 0.0521. The van der Waals surface area contributed by atoms with Crippen molar-refractivity contribution in [2.75, 3.05) is 31.2 Å². The van der Waals surface area contributed by atoms with Gasteiger partial charge >= 0.3 is 0 Å². The molecule has 0 spiro atoms. The largest absolute Gasteiger partial charge is 0.440 e.